The average molecular weight is 266 g/mol. The van der Waals surface area contributed by atoms with Crippen LogP contribution in [0.4, 0.5) is 5.69 Å². The minimum Gasteiger partial charge on any atom is -0.365 e. The third-order valence-corrected chi connectivity index (χ3v) is 4.18. The Kier molecular flexibility index (Phi) is 2.15. The first-order valence-electron chi connectivity index (χ1n) is 6.43. The van der Waals surface area contributed by atoms with Crippen LogP contribution in [-0.2, 0) is 14.3 Å². The number of amides is 2. The summed E-state index contributed by atoms with van der Waals surface area (Å²) in [6, 6.07) is 8.69. The highest BCUT2D eigenvalue weighted by molar-refractivity contribution is 6.23. The number of rotatable bonds is 1. The lowest BCUT2D eigenvalue weighted by molar-refractivity contribution is -0.124. The summed E-state index contributed by atoms with van der Waals surface area (Å²) in [7, 11) is 0. The van der Waals surface area contributed by atoms with Crippen LogP contribution in [0.3, 0.4) is 0 Å². The summed E-state index contributed by atoms with van der Waals surface area (Å²) in [5, 5.41) is 9.13. The SMILES string of the molecule is N#Cc1ccccc1N1C(=O)[C@@H]2[C@H](C1=O)[C@H]1C=C[C@H]2O1. The van der Waals surface area contributed by atoms with E-state index in [1.807, 2.05) is 18.2 Å². The summed E-state index contributed by atoms with van der Waals surface area (Å²) >= 11 is 0. The van der Waals surface area contributed by atoms with Crippen LogP contribution in [0.1, 0.15) is 5.56 Å². The van der Waals surface area contributed by atoms with E-state index in [2.05, 4.69) is 0 Å². The Morgan fingerprint density at radius 2 is 1.65 bits per heavy atom. The largest absolute Gasteiger partial charge is 0.365 e. The predicted molar refractivity (Wildman–Crippen MR) is 68.4 cm³/mol. The molecule has 0 aliphatic carbocycles. The second-order valence-electron chi connectivity index (χ2n) is 5.14. The second-order valence-corrected chi connectivity index (χ2v) is 5.14. The van der Waals surface area contributed by atoms with E-state index in [1.165, 1.54) is 0 Å². The predicted octanol–water partition coefficient (Wildman–Crippen LogP) is 1.00. The third kappa shape index (κ3) is 1.24. The van der Waals surface area contributed by atoms with Crippen LogP contribution in [0.5, 0.6) is 0 Å². The van der Waals surface area contributed by atoms with Gasteiger partial charge in [0.05, 0.1) is 35.3 Å². The minimum atomic E-state index is -0.441. The molecule has 1 aromatic rings. The Morgan fingerprint density at radius 3 is 2.25 bits per heavy atom. The average Bonchev–Trinajstić information content (AvgIpc) is 3.13. The molecule has 0 N–H and O–H groups in total. The second kappa shape index (κ2) is 3.78. The van der Waals surface area contributed by atoms with Crippen molar-refractivity contribution in [3.63, 3.8) is 0 Å². The number of imide groups is 1. The molecular formula is C15H10N2O3. The number of anilines is 1. The Bertz CT molecular complexity index is 673. The van der Waals surface area contributed by atoms with E-state index in [9.17, 15) is 9.59 Å². The fourth-order valence-electron chi connectivity index (χ4n) is 3.30. The van der Waals surface area contributed by atoms with Crippen LogP contribution < -0.4 is 4.90 Å². The van der Waals surface area contributed by atoms with E-state index in [0.717, 1.165) is 4.90 Å². The fourth-order valence-corrected chi connectivity index (χ4v) is 3.30. The monoisotopic (exact) mass is 266 g/mol. The molecule has 1 aromatic carbocycles. The zero-order chi connectivity index (χ0) is 13.9. The van der Waals surface area contributed by atoms with Crippen molar-refractivity contribution >= 4 is 17.5 Å². The van der Waals surface area contributed by atoms with Gasteiger partial charge in [0, 0.05) is 0 Å². The molecule has 3 aliphatic rings. The molecular weight excluding hydrogens is 256 g/mol. The summed E-state index contributed by atoms with van der Waals surface area (Å²) in [6.45, 7) is 0. The summed E-state index contributed by atoms with van der Waals surface area (Å²) in [5.74, 6) is -1.41. The van der Waals surface area contributed by atoms with Crippen LogP contribution in [0.25, 0.3) is 0 Å². The highest BCUT2D eigenvalue weighted by atomic mass is 16.5. The van der Waals surface area contributed by atoms with E-state index in [4.69, 9.17) is 10.00 Å². The van der Waals surface area contributed by atoms with Crippen molar-refractivity contribution in [2.75, 3.05) is 4.90 Å². The van der Waals surface area contributed by atoms with Gasteiger partial charge in [-0.05, 0) is 12.1 Å². The van der Waals surface area contributed by atoms with Crippen molar-refractivity contribution in [1.29, 1.82) is 5.26 Å². The van der Waals surface area contributed by atoms with Crippen LogP contribution in [0.2, 0.25) is 0 Å². The van der Waals surface area contributed by atoms with Gasteiger partial charge in [-0.1, -0.05) is 24.3 Å². The molecule has 2 bridgehead atoms. The lowest BCUT2D eigenvalue weighted by atomic mass is 9.85. The summed E-state index contributed by atoms with van der Waals surface area (Å²) < 4.78 is 5.58. The standard InChI is InChI=1S/C15H10N2O3/c16-7-8-3-1-2-4-9(8)17-14(18)12-10-5-6-11(20-10)13(12)15(17)19/h1-6,10-13H/t10-,11-,12-,13+/m1/s1. The number of benzene rings is 1. The highest BCUT2D eigenvalue weighted by Crippen LogP contribution is 2.46. The number of ether oxygens (including phenoxy) is 1. The summed E-state index contributed by atoms with van der Waals surface area (Å²) in [5.41, 5.74) is 0.703. The topological polar surface area (TPSA) is 70.4 Å². The van der Waals surface area contributed by atoms with Gasteiger partial charge in [0.2, 0.25) is 11.8 Å². The Labute approximate surface area is 115 Å². The lowest BCUT2D eigenvalue weighted by Crippen LogP contribution is -2.34. The summed E-state index contributed by atoms with van der Waals surface area (Å²) in [4.78, 5) is 26.2. The quantitative estimate of drug-likeness (QED) is 0.561. The number of carbonyl (C=O) groups excluding carboxylic acids is 2. The van der Waals surface area contributed by atoms with Crippen molar-refractivity contribution in [3.05, 3.63) is 42.0 Å². The molecule has 20 heavy (non-hydrogen) atoms. The Balaban J connectivity index is 1.81. The van der Waals surface area contributed by atoms with Gasteiger partial charge in [0.1, 0.15) is 6.07 Å². The summed E-state index contributed by atoms with van der Waals surface area (Å²) in [6.07, 6.45) is 3.08. The van der Waals surface area contributed by atoms with Gasteiger partial charge in [0.25, 0.3) is 0 Å². The van der Waals surface area contributed by atoms with Crippen LogP contribution in [0, 0.1) is 23.2 Å². The van der Waals surface area contributed by atoms with Crippen molar-refractivity contribution in [2.45, 2.75) is 12.2 Å². The smallest absolute Gasteiger partial charge is 0.240 e. The van der Waals surface area contributed by atoms with Crippen molar-refractivity contribution in [1.82, 2.24) is 0 Å². The van der Waals surface area contributed by atoms with E-state index in [1.54, 1.807) is 24.3 Å². The zero-order valence-electron chi connectivity index (χ0n) is 10.4. The van der Waals surface area contributed by atoms with Gasteiger partial charge >= 0.3 is 0 Å². The molecule has 2 saturated heterocycles. The molecule has 0 aromatic heterocycles. The first-order chi connectivity index (χ1) is 9.72. The number of para-hydroxylation sites is 1. The highest BCUT2D eigenvalue weighted by Gasteiger charge is 2.61. The molecule has 3 aliphatic heterocycles. The van der Waals surface area contributed by atoms with Crippen molar-refractivity contribution in [3.8, 4) is 6.07 Å². The molecule has 5 nitrogen and oxygen atoms in total. The number of carbonyl (C=O) groups is 2. The van der Waals surface area contributed by atoms with Gasteiger partial charge < -0.3 is 4.74 Å². The number of hydrogen-bond donors (Lipinski definition) is 0. The van der Waals surface area contributed by atoms with Gasteiger partial charge in [-0.15, -0.1) is 0 Å². The number of hydrogen-bond acceptors (Lipinski definition) is 4. The van der Waals surface area contributed by atoms with Gasteiger partial charge in [0.15, 0.2) is 0 Å². The van der Waals surface area contributed by atoms with Crippen LogP contribution in [0.15, 0.2) is 36.4 Å². The van der Waals surface area contributed by atoms with Crippen LogP contribution >= 0.6 is 0 Å². The molecule has 2 amide bonds. The van der Waals surface area contributed by atoms with Crippen molar-refractivity contribution in [2.24, 2.45) is 11.8 Å². The minimum absolute atomic E-state index is 0.264. The third-order valence-electron chi connectivity index (χ3n) is 4.18. The lowest BCUT2D eigenvalue weighted by Gasteiger charge is -2.18. The number of nitrogens with zero attached hydrogens (tertiary/aromatic N) is 2. The number of nitriles is 1. The molecule has 0 radical (unpaired) electrons. The fraction of sp³-hybridized carbons (Fsp3) is 0.267. The van der Waals surface area contributed by atoms with E-state index in [-0.39, 0.29) is 24.0 Å². The van der Waals surface area contributed by atoms with E-state index < -0.39 is 11.8 Å². The maximum atomic E-state index is 12.5. The zero-order valence-corrected chi connectivity index (χ0v) is 10.4. The molecule has 3 heterocycles. The van der Waals surface area contributed by atoms with E-state index >= 15 is 0 Å². The normalized spacial score (nSPS) is 33.6. The van der Waals surface area contributed by atoms with Crippen LogP contribution in [-0.4, -0.2) is 24.0 Å². The molecule has 5 heteroatoms. The van der Waals surface area contributed by atoms with Crippen molar-refractivity contribution < 1.29 is 14.3 Å². The van der Waals surface area contributed by atoms with Gasteiger partial charge in [-0.25, -0.2) is 4.90 Å². The van der Waals surface area contributed by atoms with Gasteiger partial charge in [-0.3, -0.25) is 9.59 Å². The van der Waals surface area contributed by atoms with Gasteiger partial charge in [-0.2, -0.15) is 5.26 Å². The molecule has 98 valence electrons. The van der Waals surface area contributed by atoms with E-state index in [0.29, 0.717) is 11.3 Å². The molecule has 0 saturated carbocycles. The molecule has 4 atom stereocenters. The number of fused-ring (bicyclic) bond motifs is 5. The first-order valence-corrected chi connectivity index (χ1v) is 6.43. The molecule has 2 fully saturated rings. The Hall–Kier alpha value is -2.45. The molecule has 4 rings (SSSR count). The maximum absolute atomic E-state index is 12.5. The maximum Gasteiger partial charge on any atom is 0.240 e. The molecule has 0 spiro atoms. The Morgan fingerprint density at radius 1 is 1.05 bits per heavy atom. The first kappa shape index (κ1) is 11.4. The molecule has 0 unspecified atom stereocenters.